The van der Waals surface area contributed by atoms with Gasteiger partial charge in [0, 0.05) is 6.20 Å². The van der Waals surface area contributed by atoms with Gasteiger partial charge in [-0.25, -0.2) is 4.79 Å². The van der Waals surface area contributed by atoms with Crippen molar-refractivity contribution >= 4 is 17.6 Å². The maximum atomic E-state index is 11.3. The number of rotatable bonds is 3. The Balaban J connectivity index is 2.47. The van der Waals surface area contributed by atoms with Crippen LogP contribution in [0.5, 0.6) is 0 Å². The molecule has 4 nitrogen and oxygen atoms in total. The Hall–Kier alpha value is -1.81. The smallest absolute Gasteiger partial charge is 0.333 e. The molecule has 0 saturated carbocycles. The van der Waals surface area contributed by atoms with E-state index >= 15 is 0 Å². The molecule has 1 N–H and O–H groups in total. The lowest BCUT2D eigenvalue weighted by molar-refractivity contribution is -0.139. The van der Waals surface area contributed by atoms with Crippen molar-refractivity contribution in [2.24, 2.45) is 0 Å². The summed E-state index contributed by atoms with van der Waals surface area (Å²) in [7, 11) is 0. The summed E-state index contributed by atoms with van der Waals surface area (Å²) in [5, 5.41) is 13.9. The second kappa shape index (κ2) is 4.59. The Bertz CT molecular complexity index is 517. The Morgan fingerprint density at radius 3 is 2.53 bits per heavy atom. The van der Waals surface area contributed by atoms with Crippen molar-refractivity contribution in [2.45, 2.75) is 13.0 Å². The number of hydrogen-bond donors (Lipinski definition) is 1. The fraction of sp³-hybridized carbons (Fsp3) is 0.167. The molecule has 2 aromatic rings. The topological polar surface area (TPSA) is 55.1 Å². The van der Waals surface area contributed by atoms with Crippen molar-refractivity contribution in [2.75, 3.05) is 0 Å². The molecule has 1 atom stereocenters. The van der Waals surface area contributed by atoms with Crippen LogP contribution in [0, 0.1) is 6.92 Å². The molecule has 1 aromatic heterocycles. The van der Waals surface area contributed by atoms with Crippen LogP contribution in [0.15, 0.2) is 36.5 Å². The number of aromatic nitrogens is 2. The van der Waals surface area contributed by atoms with Crippen molar-refractivity contribution < 1.29 is 9.90 Å². The van der Waals surface area contributed by atoms with Gasteiger partial charge >= 0.3 is 5.97 Å². The van der Waals surface area contributed by atoms with Crippen LogP contribution in [0.2, 0.25) is 5.02 Å². The third kappa shape index (κ3) is 2.31. The number of benzene rings is 1. The summed E-state index contributed by atoms with van der Waals surface area (Å²) in [5.41, 5.74) is 1.29. The van der Waals surface area contributed by atoms with E-state index in [2.05, 4.69) is 5.10 Å². The molecule has 1 unspecified atom stereocenters. The molecule has 0 fully saturated rings. The van der Waals surface area contributed by atoms with Crippen molar-refractivity contribution in [1.29, 1.82) is 0 Å². The fourth-order valence-electron chi connectivity index (χ4n) is 1.64. The molecule has 88 valence electrons. The van der Waals surface area contributed by atoms with E-state index < -0.39 is 12.0 Å². The van der Waals surface area contributed by atoms with Gasteiger partial charge in [0.2, 0.25) is 0 Å². The molecule has 0 aliphatic heterocycles. The lowest BCUT2D eigenvalue weighted by Crippen LogP contribution is -2.20. The maximum absolute atomic E-state index is 11.3. The third-order valence-electron chi connectivity index (χ3n) is 2.47. The summed E-state index contributed by atoms with van der Waals surface area (Å²) in [6.07, 6.45) is 1.53. The number of aliphatic carboxylic acids is 1. The number of carbonyl (C=O) groups is 1. The number of carboxylic acid groups (broad SMARTS) is 1. The molecule has 1 aromatic carbocycles. The van der Waals surface area contributed by atoms with Gasteiger partial charge < -0.3 is 5.11 Å². The van der Waals surface area contributed by atoms with Crippen molar-refractivity contribution in [3.63, 3.8) is 0 Å². The summed E-state index contributed by atoms with van der Waals surface area (Å²) in [6, 6.07) is 8.09. The number of hydrogen-bond acceptors (Lipinski definition) is 2. The summed E-state index contributed by atoms with van der Waals surface area (Å²) < 4.78 is 1.37. The first-order valence-corrected chi connectivity index (χ1v) is 5.46. The molecule has 0 aliphatic carbocycles. The lowest BCUT2D eigenvalue weighted by Gasteiger charge is -2.12. The zero-order valence-corrected chi connectivity index (χ0v) is 9.93. The van der Waals surface area contributed by atoms with Crippen molar-refractivity contribution in [3.05, 3.63) is 52.8 Å². The molecule has 2 rings (SSSR count). The van der Waals surface area contributed by atoms with Crippen LogP contribution < -0.4 is 0 Å². The minimum absolute atomic E-state index is 0.465. The van der Waals surface area contributed by atoms with E-state index in [0.717, 1.165) is 0 Å². The predicted molar refractivity (Wildman–Crippen MR) is 64.2 cm³/mol. The number of aryl methyl sites for hydroxylation is 1. The highest BCUT2D eigenvalue weighted by Crippen LogP contribution is 2.21. The highest BCUT2D eigenvalue weighted by atomic mass is 35.5. The second-order valence-electron chi connectivity index (χ2n) is 3.69. The highest BCUT2D eigenvalue weighted by Gasteiger charge is 2.23. The Morgan fingerprint density at radius 2 is 2.06 bits per heavy atom. The molecule has 0 radical (unpaired) electrons. The molecule has 0 amide bonds. The van der Waals surface area contributed by atoms with Gasteiger partial charge in [0.15, 0.2) is 6.04 Å². The van der Waals surface area contributed by atoms with Crippen molar-refractivity contribution in [1.82, 2.24) is 9.78 Å². The second-order valence-corrected chi connectivity index (χ2v) is 4.10. The standard InChI is InChI=1S/C12H11ClN2O2/c1-8-10(13)7-15(14-8)11(12(16)17)9-5-3-2-4-6-9/h2-7,11H,1H3,(H,16,17). The van der Waals surface area contributed by atoms with E-state index in [1.807, 2.05) is 6.07 Å². The summed E-state index contributed by atoms with van der Waals surface area (Å²) in [4.78, 5) is 11.3. The first-order chi connectivity index (χ1) is 8.09. The van der Waals surface area contributed by atoms with Gasteiger partial charge in [-0.2, -0.15) is 5.10 Å². The largest absolute Gasteiger partial charge is 0.479 e. The van der Waals surface area contributed by atoms with Crippen LogP contribution in [0.1, 0.15) is 17.3 Å². The average Bonchev–Trinajstić information content (AvgIpc) is 2.60. The van der Waals surface area contributed by atoms with E-state index in [1.54, 1.807) is 31.2 Å². The zero-order chi connectivity index (χ0) is 12.4. The Kier molecular flexibility index (Phi) is 3.15. The third-order valence-corrected chi connectivity index (χ3v) is 2.84. The summed E-state index contributed by atoms with van der Waals surface area (Å²) >= 11 is 5.89. The van der Waals surface area contributed by atoms with Gasteiger partial charge in [-0.3, -0.25) is 4.68 Å². The van der Waals surface area contributed by atoms with Crippen molar-refractivity contribution in [3.8, 4) is 0 Å². The van der Waals surface area contributed by atoms with E-state index in [4.69, 9.17) is 11.6 Å². The first kappa shape index (κ1) is 11.7. The summed E-state index contributed by atoms with van der Waals surface area (Å²) in [5.74, 6) is -0.963. The molecular formula is C12H11ClN2O2. The molecule has 0 aliphatic rings. The SMILES string of the molecule is Cc1nn(C(C(=O)O)c2ccccc2)cc1Cl. The van der Waals surface area contributed by atoms with Gasteiger partial charge in [-0.15, -0.1) is 0 Å². The van der Waals surface area contributed by atoms with Gasteiger partial charge in [-0.05, 0) is 12.5 Å². The van der Waals surface area contributed by atoms with E-state index in [0.29, 0.717) is 16.3 Å². The number of nitrogens with zero attached hydrogens (tertiary/aromatic N) is 2. The Labute approximate surface area is 103 Å². The van der Waals surface area contributed by atoms with E-state index in [9.17, 15) is 9.90 Å². The molecule has 5 heteroatoms. The van der Waals surface area contributed by atoms with Gasteiger partial charge in [0.25, 0.3) is 0 Å². The molecular weight excluding hydrogens is 240 g/mol. The monoisotopic (exact) mass is 250 g/mol. The molecule has 17 heavy (non-hydrogen) atoms. The normalized spacial score (nSPS) is 12.4. The van der Waals surface area contributed by atoms with Crippen LogP contribution in [-0.4, -0.2) is 20.9 Å². The van der Waals surface area contributed by atoms with Gasteiger partial charge in [-0.1, -0.05) is 41.9 Å². The van der Waals surface area contributed by atoms with Crippen LogP contribution in [0.25, 0.3) is 0 Å². The Morgan fingerprint density at radius 1 is 1.41 bits per heavy atom. The van der Waals surface area contributed by atoms with E-state index in [1.165, 1.54) is 10.9 Å². The molecule has 0 bridgehead atoms. The predicted octanol–water partition coefficient (Wildman–Crippen LogP) is 2.52. The fourth-order valence-corrected chi connectivity index (χ4v) is 1.77. The minimum atomic E-state index is -0.963. The van der Waals surface area contributed by atoms with E-state index in [-0.39, 0.29) is 0 Å². The molecule has 0 spiro atoms. The lowest BCUT2D eigenvalue weighted by atomic mass is 10.1. The maximum Gasteiger partial charge on any atom is 0.333 e. The van der Waals surface area contributed by atoms with Crippen LogP contribution in [0.3, 0.4) is 0 Å². The molecule has 0 saturated heterocycles. The number of carboxylic acids is 1. The zero-order valence-electron chi connectivity index (χ0n) is 9.17. The van der Waals surface area contributed by atoms with Gasteiger partial charge in [0.1, 0.15) is 0 Å². The highest BCUT2D eigenvalue weighted by molar-refractivity contribution is 6.31. The quantitative estimate of drug-likeness (QED) is 0.911. The van der Waals surface area contributed by atoms with Gasteiger partial charge in [0.05, 0.1) is 10.7 Å². The van der Waals surface area contributed by atoms with Crippen LogP contribution in [0.4, 0.5) is 0 Å². The number of halogens is 1. The summed E-state index contributed by atoms with van der Waals surface area (Å²) in [6.45, 7) is 1.74. The van der Waals surface area contributed by atoms with Crippen LogP contribution >= 0.6 is 11.6 Å². The minimum Gasteiger partial charge on any atom is -0.479 e. The first-order valence-electron chi connectivity index (χ1n) is 5.08. The van der Waals surface area contributed by atoms with Crippen LogP contribution in [-0.2, 0) is 4.79 Å². The molecule has 1 heterocycles. The average molecular weight is 251 g/mol.